The number of nitrogens with one attached hydrogen (secondary N) is 1. The second-order valence-electron chi connectivity index (χ2n) is 6.91. The average molecular weight is 329 g/mol. The standard InChI is InChI=1S/C17H17ClN4O/c1-17(2)7-12-14(13(23)8-17)15(10-5-3-4-6-11(10)18)22-16(21-12)19-9-20-22/h3-6,9,15H,7-8H2,1-2H3,(H,19,20,21). The maximum absolute atomic E-state index is 12.9. The van der Waals surface area contributed by atoms with Crippen LogP contribution in [0.25, 0.3) is 0 Å². The summed E-state index contributed by atoms with van der Waals surface area (Å²) in [6, 6.07) is 7.28. The number of nitrogens with zero attached hydrogens (tertiary/aromatic N) is 3. The van der Waals surface area contributed by atoms with Crippen LogP contribution in [0.1, 0.15) is 38.3 Å². The van der Waals surface area contributed by atoms with Gasteiger partial charge in [0.15, 0.2) is 5.78 Å². The van der Waals surface area contributed by atoms with Crippen LogP contribution in [0.5, 0.6) is 0 Å². The van der Waals surface area contributed by atoms with Gasteiger partial charge < -0.3 is 5.32 Å². The van der Waals surface area contributed by atoms with Gasteiger partial charge >= 0.3 is 0 Å². The molecular formula is C17H17ClN4O. The topological polar surface area (TPSA) is 59.8 Å². The lowest BCUT2D eigenvalue weighted by atomic mass is 9.73. The van der Waals surface area contributed by atoms with Crippen molar-refractivity contribution < 1.29 is 4.79 Å². The Hall–Kier alpha value is -2.14. The van der Waals surface area contributed by atoms with Crippen LogP contribution in [0.2, 0.25) is 5.02 Å². The molecule has 6 heteroatoms. The lowest BCUT2D eigenvalue weighted by Gasteiger charge is -2.38. The SMILES string of the molecule is CC1(C)CC(=O)C2=C(C1)Nc1ncnn1C2c1ccccc1Cl. The first kappa shape index (κ1) is 14.5. The highest BCUT2D eigenvalue weighted by molar-refractivity contribution is 6.31. The molecule has 1 aliphatic carbocycles. The Morgan fingerprint density at radius 2 is 2.09 bits per heavy atom. The van der Waals surface area contributed by atoms with E-state index >= 15 is 0 Å². The summed E-state index contributed by atoms with van der Waals surface area (Å²) in [5.74, 6) is 0.800. The fourth-order valence-electron chi connectivity index (χ4n) is 3.53. The van der Waals surface area contributed by atoms with E-state index in [4.69, 9.17) is 11.6 Å². The number of fused-ring (bicyclic) bond motifs is 1. The molecule has 23 heavy (non-hydrogen) atoms. The molecule has 1 aromatic carbocycles. The average Bonchev–Trinajstić information content (AvgIpc) is 2.92. The Morgan fingerprint density at radius 1 is 1.30 bits per heavy atom. The maximum atomic E-state index is 12.9. The monoisotopic (exact) mass is 328 g/mol. The van der Waals surface area contributed by atoms with Crippen LogP contribution in [0.4, 0.5) is 5.95 Å². The van der Waals surface area contributed by atoms with E-state index in [-0.39, 0.29) is 17.2 Å². The molecule has 118 valence electrons. The molecule has 1 aliphatic heterocycles. The highest BCUT2D eigenvalue weighted by Crippen LogP contribution is 2.46. The molecule has 0 spiro atoms. The molecular weight excluding hydrogens is 312 g/mol. The lowest BCUT2D eigenvalue weighted by Crippen LogP contribution is -2.36. The Morgan fingerprint density at radius 3 is 2.87 bits per heavy atom. The first-order valence-electron chi connectivity index (χ1n) is 7.63. The maximum Gasteiger partial charge on any atom is 0.226 e. The largest absolute Gasteiger partial charge is 0.328 e. The number of halogens is 1. The minimum Gasteiger partial charge on any atom is -0.328 e. The van der Waals surface area contributed by atoms with Gasteiger partial charge in [0, 0.05) is 28.3 Å². The van der Waals surface area contributed by atoms with E-state index < -0.39 is 0 Å². The molecule has 0 amide bonds. The smallest absolute Gasteiger partial charge is 0.226 e. The van der Waals surface area contributed by atoms with Crippen LogP contribution in [0.3, 0.4) is 0 Å². The Kier molecular flexibility index (Phi) is 3.10. The summed E-state index contributed by atoms with van der Waals surface area (Å²) in [4.78, 5) is 17.1. The van der Waals surface area contributed by atoms with Crippen molar-refractivity contribution >= 4 is 23.3 Å². The molecule has 0 saturated heterocycles. The van der Waals surface area contributed by atoms with Gasteiger partial charge in [0.1, 0.15) is 12.4 Å². The molecule has 0 fully saturated rings. The molecule has 1 unspecified atom stereocenters. The molecule has 1 atom stereocenters. The number of allylic oxidation sites excluding steroid dienone is 2. The van der Waals surface area contributed by atoms with Crippen molar-refractivity contribution in [1.29, 1.82) is 0 Å². The molecule has 2 aromatic rings. The van der Waals surface area contributed by atoms with Crippen molar-refractivity contribution in [3.05, 3.63) is 52.4 Å². The van der Waals surface area contributed by atoms with Gasteiger partial charge in [0.2, 0.25) is 5.95 Å². The van der Waals surface area contributed by atoms with Crippen molar-refractivity contribution in [2.45, 2.75) is 32.7 Å². The van der Waals surface area contributed by atoms with E-state index in [1.807, 2.05) is 24.3 Å². The van der Waals surface area contributed by atoms with Crippen molar-refractivity contribution in [3.63, 3.8) is 0 Å². The van der Waals surface area contributed by atoms with Crippen LogP contribution in [0, 0.1) is 5.41 Å². The van der Waals surface area contributed by atoms with Crippen LogP contribution >= 0.6 is 11.6 Å². The summed E-state index contributed by atoms with van der Waals surface area (Å²) in [7, 11) is 0. The molecule has 0 bridgehead atoms. The van der Waals surface area contributed by atoms with E-state index in [0.717, 1.165) is 23.3 Å². The first-order chi connectivity index (χ1) is 11.0. The minimum absolute atomic E-state index is 0.0594. The third-order valence-electron chi connectivity index (χ3n) is 4.47. The predicted molar refractivity (Wildman–Crippen MR) is 88.3 cm³/mol. The Labute approximate surface area is 139 Å². The number of benzene rings is 1. The number of Topliss-reactive ketones (excluding diaryl/α,β-unsaturated/α-hetero) is 1. The minimum atomic E-state index is -0.318. The van der Waals surface area contributed by atoms with Crippen LogP contribution in [-0.4, -0.2) is 20.5 Å². The summed E-state index contributed by atoms with van der Waals surface area (Å²) in [5, 5.41) is 8.23. The van der Waals surface area contributed by atoms with Gasteiger partial charge in [-0.25, -0.2) is 4.68 Å². The van der Waals surface area contributed by atoms with Crippen molar-refractivity contribution in [2.75, 3.05) is 5.32 Å². The number of aromatic nitrogens is 3. The molecule has 4 rings (SSSR count). The number of hydrogen-bond acceptors (Lipinski definition) is 4. The number of hydrogen-bond donors (Lipinski definition) is 1. The lowest BCUT2D eigenvalue weighted by molar-refractivity contribution is -0.118. The summed E-state index contributed by atoms with van der Waals surface area (Å²) in [6.07, 6.45) is 2.83. The number of ketones is 1. The second-order valence-corrected chi connectivity index (χ2v) is 7.32. The van der Waals surface area contributed by atoms with Crippen LogP contribution in [0.15, 0.2) is 41.9 Å². The van der Waals surface area contributed by atoms with Crippen molar-refractivity contribution in [3.8, 4) is 0 Å². The molecule has 1 N–H and O–H groups in total. The van der Waals surface area contributed by atoms with E-state index in [2.05, 4.69) is 29.2 Å². The first-order valence-corrected chi connectivity index (χ1v) is 8.01. The van der Waals surface area contributed by atoms with Crippen molar-refractivity contribution in [1.82, 2.24) is 14.8 Å². The molecule has 5 nitrogen and oxygen atoms in total. The van der Waals surface area contributed by atoms with Gasteiger partial charge in [-0.1, -0.05) is 43.6 Å². The summed E-state index contributed by atoms with van der Waals surface area (Å²) in [6.45, 7) is 4.22. The number of carbonyl (C=O) groups is 1. The second kappa shape index (κ2) is 4.93. The zero-order chi connectivity index (χ0) is 16.2. The van der Waals surface area contributed by atoms with Gasteiger partial charge in [-0.05, 0) is 17.9 Å². The number of rotatable bonds is 1. The third kappa shape index (κ3) is 2.27. The highest BCUT2D eigenvalue weighted by Gasteiger charge is 2.41. The van der Waals surface area contributed by atoms with Gasteiger partial charge in [0.25, 0.3) is 0 Å². The molecule has 0 saturated carbocycles. The zero-order valence-corrected chi connectivity index (χ0v) is 13.8. The van der Waals surface area contributed by atoms with E-state index in [9.17, 15) is 4.79 Å². The van der Waals surface area contributed by atoms with Crippen LogP contribution in [-0.2, 0) is 4.79 Å². The van der Waals surface area contributed by atoms with E-state index in [0.29, 0.717) is 17.4 Å². The Balaban J connectivity index is 1.94. The molecule has 2 aliphatic rings. The van der Waals surface area contributed by atoms with E-state index in [1.54, 1.807) is 4.68 Å². The zero-order valence-electron chi connectivity index (χ0n) is 13.0. The van der Waals surface area contributed by atoms with Gasteiger partial charge in [-0.3, -0.25) is 4.79 Å². The highest BCUT2D eigenvalue weighted by atomic mass is 35.5. The van der Waals surface area contributed by atoms with Crippen LogP contribution < -0.4 is 5.32 Å². The van der Waals surface area contributed by atoms with E-state index in [1.165, 1.54) is 6.33 Å². The van der Waals surface area contributed by atoms with Gasteiger partial charge in [-0.2, -0.15) is 10.1 Å². The Bertz CT molecular complexity index is 837. The summed E-state index contributed by atoms with van der Waals surface area (Å²) >= 11 is 6.41. The van der Waals surface area contributed by atoms with Gasteiger partial charge in [-0.15, -0.1) is 0 Å². The third-order valence-corrected chi connectivity index (χ3v) is 4.82. The van der Waals surface area contributed by atoms with Crippen molar-refractivity contribution in [2.24, 2.45) is 5.41 Å². The predicted octanol–water partition coefficient (Wildman–Crippen LogP) is 3.59. The quantitative estimate of drug-likeness (QED) is 0.869. The molecule has 2 heterocycles. The fourth-order valence-corrected chi connectivity index (χ4v) is 3.77. The van der Waals surface area contributed by atoms with Gasteiger partial charge in [0.05, 0.1) is 0 Å². The molecule has 1 aromatic heterocycles. The molecule has 0 radical (unpaired) electrons. The normalized spacial score (nSPS) is 22.4. The summed E-state index contributed by atoms with van der Waals surface area (Å²) in [5.41, 5.74) is 2.52. The number of anilines is 1. The summed E-state index contributed by atoms with van der Waals surface area (Å²) < 4.78 is 1.75. The fraction of sp³-hybridized carbons (Fsp3) is 0.353. The number of carbonyl (C=O) groups excluding carboxylic acids is 1.